The van der Waals surface area contributed by atoms with Gasteiger partial charge in [0.15, 0.2) is 5.78 Å². The summed E-state index contributed by atoms with van der Waals surface area (Å²) >= 11 is 0. The highest BCUT2D eigenvalue weighted by atomic mass is 16.3. The Labute approximate surface area is 118 Å². The van der Waals surface area contributed by atoms with E-state index in [0.29, 0.717) is 11.1 Å². The van der Waals surface area contributed by atoms with Gasteiger partial charge in [-0.3, -0.25) is 4.79 Å². The topological polar surface area (TPSA) is 54.6 Å². The van der Waals surface area contributed by atoms with E-state index in [9.17, 15) is 9.90 Å². The first-order valence-corrected chi connectivity index (χ1v) is 6.44. The normalized spacial score (nSPS) is 11.2. The number of hydrogen-bond donors (Lipinski definition) is 1. The monoisotopic (exact) mass is 270 g/mol. The van der Waals surface area contributed by atoms with Crippen molar-refractivity contribution in [3.8, 4) is 5.75 Å². The number of para-hydroxylation sites is 1. The predicted octanol–water partition coefficient (Wildman–Crippen LogP) is 3.20. The number of aromatic hydroxyl groups is 1. The summed E-state index contributed by atoms with van der Waals surface area (Å²) in [5.74, 6) is 0.253. The van der Waals surface area contributed by atoms with Crippen LogP contribution in [-0.4, -0.2) is 21.8 Å². The number of phenolic OH excluding ortho intramolecular Hbond substituents is 1. The molecule has 0 saturated heterocycles. The first-order chi connectivity index (χ1) is 9.41. The molecule has 0 bridgehead atoms. The summed E-state index contributed by atoms with van der Waals surface area (Å²) in [5.41, 5.74) is 3.82. The van der Waals surface area contributed by atoms with Gasteiger partial charge < -0.3 is 5.11 Å². The quantitative estimate of drug-likeness (QED) is 0.687. The number of benzene rings is 1. The van der Waals surface area contributed by atoms with Crippen LogP contribution in [0.25, 0.3) is 0 Å². The summed E-state index contributed by atoms with van der Waals surface area (Å²) in [7, 11) is 0. The molecule has 1 heterocycles. The predicted molar refractivity (Wildman–Crippen MR) is 79.7 cm³/mol. The van der Waals surface area contributed by atoms with Crippen LogP contribution < -0.4 is 0 Å². The van der Waals surface area contributed by atoms with Crippen molar-refractivity contribution in [1.82, 2.24) is 4.68 Å². The van der Waals surface area contributed by atoms with Crippen molar-refractivity contribution in [3.05, 3.63) is 52.3 Å². The fraction of sp³-hybridized carbons (Fsp3) is 0.250. The van der Waals surface area contributed by atoms with Gasteiger partial charge in [0.05, 0.1) is 6.21 Å². The second-order valence-corrected chi connectivity index (χ2v) is 4.91. The fourth-order valence-corrected chi connectivity index (χ4v) is 2.19. The Kier molecular flexibility index (Phi) is 3.74. The second kappa shape index (κ2) is 5.33. The van der Waals surface area contributed by atoms with Crippen LogP contribution in [0.2, 0.25) is 0 Å². The van der Waals surface area contributed by atoms with E-state index in [-0.39, 0.29) is 11.5 Å². The van der Waals surface area contributed by atoms with Gasteiger partial charge in [0.1, 0.15) is 5.75 Å². The number of rotatable bonds is 3. The maximum absolute atomic E-state index is 11.5. The Morgan fingerprint density at radius 2 is 2.00 bits per heavy atom. The number of carbonyl (C=O) groups is 1. The van der Waals surface area contributed by atoms with Crippen LogP contribution in [0.1, 0.15) is 39.8 Å². The Balaban J connectivity index is 2.42. The highest BCUT2D eigenvalue weighted by Crippen LogP contribution is 2.20. The van der Waals surface area contributed by atoms with Gasteiger partial charge in [0.25, 0.3) is 0 Å². The van der Waals surface area contributed by atoms with Crippen molar-refractivity contribution in [2.45, 2.75) is 27.7 Å². The van der Waals surface area contributed by atoms with Crippen LogP contribution in [0.3, 0.4) is 0 Å². The summed E-state index contributed by atoms with van der Waals surface area (Å²) in [5, 5.41) is 14.3. The molecule has 0 aliphatic rings. The van der Waals surface area contributed by atoms with Crippen molar-refractivity contribution in [3.63, 3.8) is 0 Å². The SMILES string of the molecule is CC(=O)c1cc(C)n(/N=C/c2cccc(C)c2O)c1C. The van der Waals surface area contributed by atoms with Gasteiger partial charge in [0, 0.05) is 22.5 Å². The van der Waals surface area contributed by atoms with E-state index < -0.39 is 0 Å². The number of aromatic nitrogens is 1. The number of aryl methyl sites for hydroxylation is 2. The summed E-state index contributed by atoms with van der Waals surface area (Å²) in [6.07, 6.45) is 1.60. The minimum atomic E-state index is 0.0259. The zero-order chi connectivity index (χ0) is 14.9. The summed E-state index contributed by atoms with van der Waals surface area (Å²) in [6, 6.07) is 7.33. The molecule has 2 rings (SSSR count). The third kappa shape index (κ3) is 2.50. The van der Waals surface area contributed by atoms with Crippen LogP contribution in [0, 0.1) is 20.8 Å². The van der Waals surface area contributed by atoms with Crippen LogP contribution in [0.5, 0.6) is 5.75 Å². The maximum atomic E-state index is 11.5. The summed E-state index contributed by atoms with van der Waals surface area (Å²) in [4.78, 5) is 11.5. The van der Waals surface area contributed by atoms with Gasteiger partial charge in [-0.05, 0) is 45.4 Å². The molecule has 1 aromatic carbocycles. The number of ketones is 1. The van der Waals surface area contributed by atoms with Crippen LogP contribution >= 0.6 is 0 Å². The van der Waals surface area contributed by atoms with Crippen LogP contribution in [0.15, 0.2) is 29.4 Å². The zero-order valence-electron chi connectivity index (χ0n) is 12.1. The zero-order valence-corrected chi connectivity index (χ0v) is 12.1. The highest BCUT2D eigenvalue weighted by molar-refractivity contribution is 5.95. The Morgan fingerprint density at radius 3 is 2.60 bits per heavy atom. The number of nitrogens with zero attached hydrogens (tertiary/aromatic N) is 2. The average molecular weight is 270 g/mol. The maximum Gasteiger partial charge on any atom is 0.161 e. The van der Waals surface area contributed by atoms with E-state index in [1.165, 1.54) is 0 Å². The summed E-state index contributed by atoms with van der Waals surface area (Å²) < 4.78 is 1.71. The number of hydrogen-bond acceptors (Lipinski definition) is 3. The molecule has 4 heteroatoms. The molecule has 0 fully saturated rings. The Hall–Kier alpha value is -2.36. The Morgan fingerprint density at radius 1 is 1.30 bits per heavy atom. The molecule has 20 heavy (non-hydrogen) atoms. The molecule has 104 valence electrons. The lowest BCUT2D eigenvalue weighted by Crippen LogP contribution is -1.99. The van der Waals surface area contributed by atoms with E-state index in [2.05, 4.69) is 5.10 Å². The molecular weight excluding hydrogens is 252 g/mol. The standard InChI is InChI=1S/C16H18N2O2/c1-10-6-5-7-14(16(10)20)9-17-18-11(2)8-15(12(18)3)13(4)19/h5-9,20H,1-4H3/b17-9+. The Bertz CT molecular complexity index is 697. The minimum absolute atomic E-state index is 0.0259. The highest BCUT2D eigenvalue weighted by Gasteiger charge is 2.11. The van der Waals surface area contributed by atoms with Crippen LogP contribution in [0.4, 0.5) is 0 Å². The molecule has 0 saturated carbocycles. The smallest absolute Gasteiger partial charge is 0.161 e. The van der Waals surface area contributed by atoms with E-state index in [1.807, 2.05) is 39.0 Å². The molecule has 1 N–H and O–H groups in total. The molecule has 0 aliphatic heterocycles. The summed E-state index contributed by atoms with van der Waals surface area (Å²) in [6.45, 7) is 7.14. The first-order valence-electron chi connectivity index (χ1n) is 6.44. The van der Waals surface area contributed by atoms with Crippen molar-refractivity contribution in [1.29, 1.82) is 0 Å². The molecule has 2 aromatic rings. The molecule has 4 nitrogen and oxygen atoms in total. The molecule has 0 radical (unpaired) electrons. The minimum Gasteiger partial charge on any atom is -0.507 e. The fourth-order valence-electron chi connectivity index (χ4n) is 2.19. The molecule has 0 unspecified atom stereocenters. The lowest BCUT2D eigenvalue weighted by Gasteiger charge is -2.04. The lowest BCUT2D eigenvalue weighted by atomic mass is 10.1. The molecular formula is C16H18N2O2. The van der Waals surface area contributed by atoms with E-state index in [0.717, 1.165) is 17.0 Å². The average Bonchev–Trinajstić information content (AvgIpc) is 2.67. The molecule has 0 spiro atoms. The van der Waals surface area contributed by atoms with Gasteiger partial charge in [-0.15, -0.1) is 0 Å². The van der Waals surface area contributed by atoms with Crippen LogP contribution in [-0.2, 0) is 0 Å². The van der Waals surface area contributed by atoms with E-state index in [1.54, 1.807) is 23.9 Å². The van der Waals surface area contributed by atoms with E-state index >= 15 is 0 Å². The van der Waals surface area contributed by atoms with Gasteiger partial charge in [-0.1, -0.05) is 12.1 Å². The van der Waals surface area contributed by atoms with Crippen molar-refractivity contribution in [2.24, 2.45) is 5.10 Å². The van der Waals surface area contributed by atoms with Crippen molar-refractivity contribution < 1.29 is 9.90 Å². The third-order valence-corrected chi connectivity index (χ3v) is 3.36. The van der Waals surface area contributed by atoms with Gasteiger partial charge in [0.2, 0.25) is 0 Å². The van der Waals surface area contributed by atoms with Gasteiger partial charge in [-0.2, -0.15) is 5.10 Å². The third-order valence-electron chi connectivity index (χ3n) is 3.36. The lowest BCUT2D eigenvalue weighted by molar-refractivity contribution is 0.101. The number of carbonyl (C=O) groups excluding carboxylic acids is 1. The van der Waals surface area contributed by atoms with Gasteiger partial charge >= 0.3 is 0 Å². The van der Waals surface area contributed by atoms with Crippen molar-refractivity contribution >= 4 is 12.0 Å². The van der Waals surface area contributed by atoms with E-state index in [4.69, 9.17) is 0 Å². The first kappa shape index (κ1) is 14.1. The van der Waals surface area contributed by atoms with Gasteiger partial charge in [-0.25, -0.2) is 4.68 Å². The molecule has 0 atom stereocenters. The molecule has 0 aliphatic carbocycles. The van der Waals surface area contributed by atoms with Crippen molar-refractivity contribution in [2.75, 3.05) is 0 Å². The molecule has 0 amide bonds. The second-order valence-electron chi connectivity index (χ2n) is 4.91. The largest absolute Gasteiger partial charge is 0.507 e. The number of phenols is 1. The molecule has 1 aromatic heterocycles. The number of Topliss-reactive ketones (excluding diaryl/α,β-unsaturated/α-hetero) is 1.